The first-order chi connectivity index (χ1) is 9.56. The number of halogens is 1. The van der Waals surface area contributed by atoms with Crippen LogP contribution in [-0.4, -0.2) is 19.5 Å². The molecular formula is C16H21BrO3. The van der Waals surface area contributed by atoms with Crippen molar-refractivity contribution < 1.29 is 14.3 Å². The molecule has 1 atom stereocenters. The lowest BCUT2D eigenvalue weighted by Gasteiger charge is -2.23. The van der Waals surface area contributed by atoms with Crippen LogP contribution in [0.25, 0.3) is 0 Å². The average Bonchev–Trinajstić information content (AvgIpc) is 2.64. The van der Waals surface area contributed by atoms with E-state index in [-0.39, 0.29) is 5.92 Å². The smallest absolute Gasteiger partial charge is 0.175 e. The highest BCUT2D eigenvalue weighted by Crippen LogP contribution is 2.46. The van der Waals surface area contributed by atoms with Crippen molar-refractivity contribution >= 4 is 22.2 Å². The molecule has 1 aromatic rings. The molecule has 110 valence electrons. The molecule has 1 unspecified atom stereocenters. The van der Waals surface area contributed by atoms with Crippen LogP contribution >= 0.6 is 15.9 Å². The Morgan fingerprint density at radius 2 is 1.90 bits per heavy atom. The first-order valence-electron chi connectivity index (χ1n) is 7.11. The van der Waals surface area contributed by atoms with Gasteiger partial charge in [0.25, 0.3) is 0 Å². The fourth-order valence-electron chi connectivity index (χ4n) is 2.60. The minimum atomic E-state index is 0.179. The van der Waals surface area contributed by atoms with Crippen molar-refractivity contribution in [2.45, 2.75) is 45.4 Å². The molecule has 0 radical (unpaired) electrons. The minimum absolute atomic E-state index is 0.179. The molecule has 1 aliphatic heterocycles. The van der Waals surface area contributed by atoms with Gasteiger partial charge in [-0.25, -0.2) is 0 Å². The molecule has 3 nitrogen and oxygen atoms in total. The highest BCUT2D eigenvalue weighted by Gasteiger charge is 2.25. The third-order valence-electron chi connectivity index (χ3n) is 3.60. The summed E-state index contributed by atoms with van der Waals surface area (Å²) in [7, 11) is 0. The summed E-state index contributed by atoms with van der Waals surface area (Å²) in [5.41, 5.74) is 2.34. The highest BCUT2D eigenvalue weighted by molar-refractivity contribution is 9.10. The molecule has 1 aliphatic rings. The minimum Gasteiger partial charge on any atom is -0.489 e. The molecular weight excluding hydrogens is 320 g/mol. The third kappa shape index (κ3) is 3.00. The maximum absolute atomic E-state index is 10.8. The van der Waals surface area contributed by atoms with Gasteiger partial charge in [0.1, 0.15) is 6.29 Å². The molecule has 1 aromatic carbocycles. The Bertz CT molecular complexity index is 497. The molecule has 0 fully saturated rings. The SMILES string of the molecule is CC(C)c1c(C(C)CC=O)cc(Br)c2c1OCCCO2. The topological polar surface area (TPSA) is 35.5 Å². The molecule has 0 saturated heterocycles. The number of rotatable bonds is 4. The number of fused-ring (bicyclic) bond motifs is 1. The number of carbonyl (C=O) groups is 1. The normalized spacial score (nSPS) is 15.8. The Morgan fingerprint density at radius 3 is 2.50 bits per heavy atom. The predicted molar refractivity (Wildman–Crippen MR) is 82.9 cm³/mol. The Balaban J connectivity index is 2.60. The van der Waals surface area contributed by atoms with Crippen molar-refractivity contribution in [1.29, 1.82) is 0 Å². The second-order valence-electron chi connectivity index (χ2n) is 5.53. The largest absolute Gasteiger partial charge is 0.489 e. The number of benzene rings is 1. The monoisotopic (exact) mass is 340 g/mol. The van der Waals surface area contributed by atoms with Gasteiger partial charge in [0.05, 0.1) is 17.7 Å². The van der Waals surface area contributed by atoms with Crippen LogP contribution in [0.1, 0.15) is 56.6 Å². The summed E-state index contributed by atoms with van der Waals surface area (Å²) >= 11 is 3.58. The van der Waals surface area contributed by atoms with Crippen LogP contribution in [0.4, 0.5) is 0 Å². The van der Waals surface area contributed by atoms with Crippen LogP contribution < -0.4 is 9.47 Å². The molecule has 0 bridgehead atoms. The molecule has 20 heavy (non-hydrogen) atoms. The summed E-state index contributed by atoms with van der Waals surface area (Å²) in [6, 6.07) is 2.08. The average molecular weight is 341 g/mol. The summed E-state index contributed by atoms with van der Waals surface area (Å²) in [5.74, 6) is 2.15. The highest BCUT2D eigenvalue weighted by atomic mass is 79.9. The molecule has 4 heteroatoms. The van der Waals surface area contributed by atoms with Crippen LogP contribution in [0, 0.1) is 0 Å². The predicted octanol–water partition coefficient (Wildman–Crippen LogP) is 4.43. The van der Waals surface area contributed by atoms with Gasteiger partial charge in [0.15, 0.2) is 11.5 Å². The molecule has 2 rings (SSSR count). The van der Waals surface area contributed by atoms with Gasteiger partial charge in [-0.05, 0) is 39.4 Å². The number of carbonyl (C=O) groups excluding carboxylic acids is 1. The fourth-order valence-corrected chi connectivity index (χ4v) is 3.14. The van der Waals surface area contributed by atoms with Crippen molar-refractivity contribution in [2.75, 3.05) is 13.2 Å². The second kappa shape index (κ2) is 6.61. The Hall–Kier alpha value is -1.03. The summed E-state index contributed by atoms with van der Waals surface area (Å²) < 4.78 is 12.7. The summed E-state index contributed by atoms with van der Waals surface area (Å²) in [5, 5.41) is 0. The zero-order valence-corrected chi connectivity index (χ0v) is 13.8. The zero-order chi connectivity index (χ0) is 14.7. The van der Waals surface area contributed by atoms with E-state index in [1.807, 2.05) is 0 Å². The molecule has 0 N–H and O–H groups in total. The second-order valence-corrected chi connectivity index (χ2v) is 6.38. The Kier molecular flexibility index (Phi) is 5.08. The maximum atomic E-state index is 10.8. The van der Waals surface area contributed by atoms with Gasteiger partial charge in [-0.1, -0.05) is 20.8 Å². The van der Waals surface area contributed by atoms with Gasteiger partial charge in [0.2, 0.25) is 0 Å². The summed E-state index contributed by atoms with van der Waals surface area (Å²) in [6.45, 7) is 7.72. The lowest BCUT2D eigenvalue weighted by Crippen LogP contribution is -2.07. The van der Waals surface area contributed by atoms with Crippen molar-refractivity contribution in [2.24, 2.45) is 0 Å². The molecule has 1 heterocycles. The Labute approximate surface area is 128 Å². The van der Waals surface area contributed by atoms with Gasteiger partial charge in [-0.15, -0.1) is 0 Å². The quantitative estimate of drug-likeness (QED) is 0.760. The van der Waals surface area contributed by atoms with E-state index in [1.165, 1.54) is 11.1 Å². The number of aldehydes is 1. The van der Waals surface area contributed by atoms with Gasteiger partial charge < -0.3 is 14.3 Å². The lowest BCUT2D eigenvalue weighted by molar-refractivity contribution is -0.108. The Morgan fingerprint density at radius 1 is 1.25 bits per heavy atom. The van der Waals surface area contributed by atoms with E-state index < -0.39 is 0 Å². The van der Waals surface area contributed by atoms with Crippen molar-refractivity contribution in [1.82, 2.24) is 0 Å². The number of hydrogen-bond donors (Lipinski definition) is 0. The van der Waals surface area contributed by atoms with Gasteiger partial charge in [0, 0.05) is 18.4 Å². The van der Waals surface area contributed by atoms with Crippen LogP contribution in [0.3, 0.4) is 0 Å². The van der Waals surface area contributed by atoms with Crippen LogP contribution in [0.2, 0.25) is 0 Å². The van der Waals surface area contributed by atoms with E-state index in [9.17, 15) is 4.79 Å². The standard InChI is InChI=1S/C16H21BrO3/c1-10(2)14-12(11(3)5-6-18)9-13(17)15-16(14)20-8-4-7-19-15/h6,9-11H,4-5,7-8H2,1-3H3. The van der Waals surface area contributed by atoms with Crippen molar-refractivity contribution in [3.63, 3.8) is 0 Å². The van der Waals surface area contributed by atoms with E-state index in [2.05, 4.69) is 42.8 Å². The summed E-state index contributed by atoms with van der Waals surface area (Å²) in [6.07, 6.45) is 2.38. The third-order valence-corrected chi connectivity index (χ3v) is 4.19. The number of ether oxygens (including phenoxy) is 2. The molecule has 0 saturated carbocycles. The van der Waals surface area contributed by atoms with Gasteiger partial charge in [-0.3, -0.25) is 0 Å². The number of hydrogen-bond acceptors (Lipinski definition) is 3. The lowest BCUT2D eigenvalue weighted by atomic mass is 9.87. The van der Waals surface area contributed by atoms with Crippen LogP contribution in [0.5, 0.6) is 11.5 Å². The fraction of sp³-hybridized carbons (Fsp3) is 0.562. The molecule has 0 aliphatic carbocycles. The van der Waals surface area contributed by atoms with E-state index >= 15 is 0 Å². The van der Waals surface area contributed by atoms with E-state index in [0.717, 1.165) is 28.7 Å². The van der Waals surface area contributed by atoms with Gasteiger partial charge >= 0.3 is 0 Å². The van der Waals surface area contributed by atoms with E-state index in [1.54, 1.807) is 0 Å². The zero-order valence-electron chi connectivity index (χ0n) is 12.2. The molecule has 0 aromatic heterocycles. The van der Waals surface area contributed by atoms with Crippen molar-refractivity contribution in [3.05, 3.63) is 21.7 Å². The summed E-state index contributed by atoms with van der Waals surface area (Å²) in [4.78, 5) is 10.8. The van der Waals surface area contributed by atoms with Crippen molar-refractivity contribution in [3.8, 4) is 11.5 Å². The van der Waals surface area contributed by atoms with Crippen LogP contribution in [0.15, 0.2) is 10.5 Å². The van der Waals surface area contributed by atoms with Gasteiger partial charge in [-0.2, -0.15) is 0 Å². The van der Waals surface area contributed by atoms with E-state index in [0.29, 0.717) is 25.6 Å². The first kappa shape index (κ1) is 15.4. The van der Waals surface area contributed by atoms with E-state index in [4.69, 9.17) is 9.47 Å². The van der Waals surface area contributed by atoms with Crippen LogP contribution in [-0.2, 0) is 4.79 Å². The molecule has 0 spiro atoms. The first-order valence-corrected chi connectivity index (χ1v) is 7.91. The maximum Gasteiger partial charge on any atom is 0.175 e. The molecule has 0 amide bonds.